The summed E-state index contributed by atoms with van der Waals surface area (Å²) >= 11 is 0. The highest BCUT2D eigenvalue weighted by atomic mass is 19.4. The molecule has 1 aromatic heterocycles. The van der Waals surface area contributed by atoms with E-state index >= 15 is 0 Å². The van der Waals surface area contributed by atoms with Gasteiger partial charge >= 0.3 is 18.0 Å². The summed E-state index contributed by atoms with van der Waals surface area (Å²) in [6, 6.07) is 3.88. The SMILES string of the molecule is CC(C)NC(=O)C(=O)Nc1ccc2c(c1)nc(C(F)(F)F)n2C. The molecular formula is C14H15F3N4O2. The lowest BCUT2D eigenvalue weighted by atomic mass is 10.2. The number of benzene rings is 1. The molecular weight excluding hydrogens is 313 g/mol. The molecule has 2 aromatic rings. The van der Waals surface area contributed by atoms with Crippen molar-refractivity contribution < 1.29 is 22.8 Å². The number of carbonyl (C=O) groups is 2. The van der Waals surface area contributed by atoms with Gasteiger partial charge in [-0.05, 0) is 32.0 Å². The van der Waals surface area contributed by atoms with E-state index < -0.39 is 23.8 Å². The number of aryl methyl sites for hydroxylation is 1. The predicted molar refractivity (Wildman–Crippen MR) is 77.6 cm³/mol. The van der Waals surface area contributed by atoms with Crippen LogP contribution < -0.4 is 10.6 Å². The summed E-state index contributed by atoms with van der Waals surface area (Å²) in [5.74, 6) is -2.75. The Morgan fingerprint density at radius 2 is 1.87 bits per heavy atom. The summed E-state index contributed by atoms with van der Waals surface area (Å²) < 4.78 is 39.4. The first kappa shape index (κ1) is 16.8. The molecule has 9 heteroatoms. The number of nitrogens with zero attached hydrogens (tertiary/aromatic N) is 2. The van der Waals surface area contributed by atoms with E-state index in [-0.39, 0.29) is 22.8 Å². The Kier molecular flexibility index (Phi) is 4.31. The minimum atomic E-state index is -4.58. The third-order valence-electron chi connectivity index (χ3n) is 3.02. The van der Waals surface area contributed by atoms with E-state index in [2.05, 4.69) is 15.6 Å². The van der Waals surface area contributed by atoms with E-state index in [1.807, 2.05) is 0 Å². The van der Waals surface area contributed by atoms with Gasteiger partial charge in [0.15, 0.2) is 0 Å². The van der Waals surface area contributed by atoms with Crippen molar-refractivity contribution in [3.8, 4) is 0 Å². The normalized spacial score (nSPS) is 11.8. The lowest BCUT2D eigenvalue weighted by molar-refractivity contribution is -0.146. The van der Waals surface area contributed by atoms with Gasteiger partial charge in [0.05, 0.1) is 11.0 Å². The molecule has 0 aliphatic rings. The molecule has 2 amide bonds. The summed E-state index contributed by atoms with van der Waals surface area (Å²) in [6.45, 7) is 3.40. The summed E-state index contributed by atoms with van der Waals surface area (Å²) in [7, 11) is 1.26. The number of hydrogen-bond donors (Lipinski definition) is 2. The molecule has 0 spiro atoms. The highest BCUT2D eigenvalue weighted by Crippen LogP contribution is 2.31. The standard InChI is InChI=1S/C14H15F3N4O2/c1-7(2)18-11(22)12(23)19-8-4-5-10-9(6-8)20-13(21(10)3)14(15,16)17/h4-7H,1-3H3,(H,18,22)(H,19,23). The van der Waals surface area contributed by atoms with Gasteiger partial charge in [-0.15, -0.1) is 0 Å². The second kappa shape index (κ2) is 5.90. The number of alkyl halides is 3. The maximum absolute atomic E-state index is 12.8. The number of hydrogen-bond acceptors (Lipinski definition) is 3. The lowest BCUT2D eigenvalue weighted by Gasteiger charge is -2.08. The van der Waals surface area contributed by atoms with Gasteiger partial charge in [-0.25, -0.2) is 4.98 Å². The highest BCUT2D eigenvalue weighted by Gasteiger charge is 2.36. The van der Waals surface area contributed by atoms with Crippen LogP contribution in [0.25, 0.3) is 11.0 Å². The third-order valence-corrected chi connectivity index (χ3v) is 3.02. The molecule has 23 heavy (non-hydrogen) atoms. The van der Waals surface area contributed by atoms with Crippen molar-refractivity contribution in [3.63, 3.8) is 0 Å². The lowest BCUT2D eigenvalue weighted by Crippen LogP contribution is -2.39. The highest BCUT2D eigenvalue weighted by molar-refractivity contribution is 6.39. The first-order valence-electron chi connectivity index (χ1n) is 6.75. The van der Waals surface area contributed by atoms with Gasteiger partial charge in [0.25, 0.3) is 0 Å². The molecule has 0 radical (unpaired) electrons. The first-order chi connectivity index (χ1) is 10.6. The summed E-state index contributed by atoms with van der Waals surface area (Å²) in [5.41, 5.74) is 0.525. The molecule has 124 valence electrons. The quantitative estimate of drug-likeness (QED) is 0.829. The van der Waals surface area contributed by atoms with E-state index in [1.165, 1.54) is 25.2 Å². The molecule has 1 heterocycles. The number of nitrogens with one attached hydrogen (secondary N) is 2. The Morgan fingerprint density at radius 1 is 1.22 bits per heavy atom. The Bertz CT molecular complexity index is 765. The van der Waals surface area contributed by atoms with Crippen LogP contribution in [0, 0.1) is 0 Å². The molecule has 6 nitrogen and oxygen atoms in total. The summed E-state index contributed by atoms with van der Waals surface area (Å²) in [5, 5.41) is 4.74. The van der Waals surface area contributed by atoms with Crippen molar-refractivity contribution in [3.05, 3.63) is 24.0 Å². The van der Waals surface area contributed by atoms with Crippen LogP contribution in [-0.4, -0.2) is 27.4 Å². The van der Waals surface area contributed by atoms with Gasteiger partial charge < -0.3 is 15.2 Å². The van der Waals surface area contributed by atoms with Gasteiger partial charge in [0, 0.05) is 18.8 Å². The molecule has 0 saturated carbocycles. The van der Waals surface area contributed by atoms with Gasteiger partial charge in [0.2, 0.25) is 5.82 Å². The monoisotopic (exact) mass is 328 g/mol. The van der Waals surface area contributed by atoms with Crippen molar-refractivity contribution in [2.24, 2.45) is 7.05 Å². The van der Waals surface area contributed by atoms with E-state index in [0.29, 0.717) is 0 Å². The molecule has 1 aromatic carbocycles. The fourth-order valence-corrected chi connectivity index (χ4v) is 2.05. The topological polar surface area (TPSA) is 76.0 Å². The van der Waals surface area contributed by atoms with E-state index in [4.69, 9.17) is 0 Å². The van der Waals surface area contributed by atoms with Crippen LogP contribution in [-0.2, 0) is 22.8 Å². The van der Waals surface area contributed by atoms with Gasteiger partial charge in [-0.2, -0.15) is 13.2 Å². The van der Waals surface area contributed by atoms with Crippen molar-refractivity contribution in [1.29, 1.82) is 0 Å². The predicted octanol–water partition coefficient (Wildman–Crippen LogP) is 2.06. The maximum atomic E-state index is 12.8. The summed E-state index contributed by atoms with van der Waals surface area (Å²) in [4.78, 5) is 26.7. The average molecular weight is 328 g/mol. The zero-order valence-electron chi connectivity index (χ0n) is 12.7. The fourth-order valence-electron chi connectivity index (χ4n) is 2.05. The smallest absolute Gasteiger partial charge is 0.346 e. The molecule has 0 bridgehead atoms. The molecule has 2 rings (SSSR count). The molecule has 2 N–H and O–H groups in total. The zero-order chi connectivity index (χ0) is 17.4. The molecule has 0 fully saturated rings. The molecule has 0 unspecified atom stereocenters. The van der Waals surface area contributed by atoms with Gasteiger partial charge in [-0.1, -0.05) is 0 Å². The Labute approximate surface area is 129 Å². The number of anilines is 1. The number of amides is 2. The van der Waals surface area contributed by atoms with Crippen LogP contribution in [0.3, 0.4) is 0 Å². The Balaban J connectivity index is 2.27. The van der Waals surface area contributed by atoms with E-state index in [9.17, 15) is 22.8 Å². The number of fused-ring (bicyclic) bond motifs is 1. The fraction of sp³-hybridized carbons (Fsp3) is 0.357. The Morgan fingerprint density at radius 3 is 2.43 bits per heavy atom. The van der Waals surface area contributed by atoms with Gasteiger partial charge in [-0.3, -0.25) is 9.59 Å². The first-order valence-corrected chi connectivity index (χ1v) is 6.75. The number of rotatable bonds is 2. The zero-order valence-corrected chi connectivity index (χ0v) is 12.7. The summed E-state index contributed by atoms with van der Waals surface area (Å²) in [6.07, 6.45) is -4.58. The second-order valence-electron chi connectivity index (χ2n) is 5.28. The van der Waals surface area contributed by atoms with Crippen LogP contribution in [0.15, 0.2) is 18.2 Å². The molecule has 0 saturated heterocycles. The number of imidazole rings is 1. The van der Waals surface area contributed by atoms with Crippen molar-refractivity contribution in [2.45, 2.75) is 26.1 Å². The van der Waals surface area contributed by atoms with Crippen molar-refractivity contribution in [2.75, 3.05) is 5.32 Å². The van der Waals surface area contributed by atoms with Gasteiger partial charge in [0.1, 0.15) is 0 Å². The maximum Gasteiger partial charge on any atom is 0.449 e. The van der Waals surface area contributed by atoms with Crippen LogP contribution in [0.4, 0.5) is 18.9 Å². The number of halogens is 3. The van der Waals surface area contributed by atoms with Crippen LogP contribution >= 0.6 is 0 Å². The minimum Gasteiger partial charge on any atom is -0.346 e. The third kappa shape index (κ3) is 3.61. The largest absolute Gasteiger partial charge is 0.449 e. The van der Waals surface area contributed by atoms with Crippen LogP contribution in [0.2, 0.25) is 0 Å². The second-order valence-corrected chi connectivity index (χ2v) is 5.28. The Hall–Kier alpha value is -2.58. The van der Waals surface area contributed by atoms with E-state index in [1.54, 1.807) is 13.8 Å². The van der Waals surface area contributed by atoms with Crippen LogP contribution in [0.5, 0.6) is 0 Å². The minimum absolute atomic E-state index is 0.0712. The van der Waals surface area contributed by atoms with E-state index in [0.717, 1.165) is 4.57 Å². The molecule has 0 atom stereocenters. The van der Waals surface area contributed by atoms with Crippen molar-refractivity contribution >= 4 is 28.5 Å². The van der Waals surface area contributed by atoms with Crippen LogP contribution in [0.1, 0.15) is 19.7 Å². The van der Waals surface area contributed by atoms with Crippen molar-refractivity contribution in [1.82, 2.24) is 14.9 Å². The number of carbonyl (C=O) groups excluding carboxylic acids is 2. The molecule has 0 aliphatic carbocycles. The average Bonchev–Trinajstić information content (AvgIpc) is 2.75. The number of aromatic nitrogens is 2. The molecule has 0 aliphatic heterocycles.